The maximum atomic E-state index is 13.8. The fourth-order valence-electron chi connectivity index (χ4n) is 5.84. The lowest BCUT2D eigenvalue weighted by molar-refractivity contribution is -0.137. The Labute approximate surface area is 358 Å². The summed E-state index contributed by atoms with van der Waals surface area (Å²) in [6.07, 6.45) is 0.888. The minimum absolute atomic E-state index is 0.0637. The summed E-state index contributed by atoms with van der Waals surface area (Å²) >= 11 is 0. The minimum atomic E-state index is -4.72. The molecule has 2 aromatic heterocycles. The molecule has 6 N–H and O–H groups in total. The molecular formula is C40H49F3N10O8S. The number of aromatic nitrogens is 4. The van der Waals surface area contributed by atoms with Crippen LogP contribution in [0, 0.1) is 0 Å². The summed E-state index contributed by atoms with van der Waals surface area (Å²) in [6, 6.07) is 13.6. The molecule has 18 nitrogen and oxygen atoms in total. The number of rotatable bonds is 24. The Morgan fingerprint density at radius 1 is 1.02 bits per heavy atom. The van der Waals surface area contributed by atoms with Crippen molar-refractivity contribution < 1.29 is 51.0 Å². The number of anilines is 2. The Bertz CT molecular complexity index is 2160. The zero-order valence-electron chi connectivity index (χ0n) is 34.1. The van der Waals surface area contributed by atoms with Crippen molar-refractivity contribution in [1.29, 1.82) is 0 Å². The van der Waals surface area contributed by atoms with Gasteiger partial charge in [0, 0.05) is 42.8 Å². The number of benzene rings is 2. The van der Waals surface area contributed by atoms with Crippen LogP contribution in [0.2, 0.25) is 0 Å². The van der Waals surface area contributed by atoms with E-state index in [-0.39, 0.29) is 61.2 Å². The fourth-order valence-corrected chi connectivity index (χ4v) is 6.66. The number of carbonyl (C=O) groups is 2. The van der Waals surface area contributed by atoms with E-state index >= 15 is 0 Å². The van der Waals surface area contributed by atoms with Gasteiger partial charge in [-0.1, -0.05) is 12.1 Å². The third-order valence-electron chi connectivity index (χ3n) is 8.76. The predicted molar refractivity (Wildman–Crippen MR) is 223 cm³/mol. The lowest BCUT2D eigenvalue weighted by Gasteiger charge is -2.21. The van der Waals surface area contributed by atoms with E-state index in [1.54, 1.807) is 50.2 Å². The van der Waals surface area contributed by atoms with Gasteiger partial charge in [-0.25, -0.2) is 18.9 Å². The number of piperidine rings is 1. The number of hydrogen-bond donors (Lipinski definition) is 5. The number of amides is 2. The maximum Gasteiger partial charge on any atom is 0.419 e. The second kappa shape index (κ2) is 23.0. The third-order valence-corrected chi connectivity index (χ3v) is 9.93. The van der Waals surface area contributed by atoms with Crippen molar-refractivity contribution in [3.8, 4) is 17.0 Å². The molecule has 0 radical (unpaired) electrons. The van der Waals surface area contributed by atoms with Gasteiger partial charge >= 0.3 is 6.18 Å². The average Bonchev–Trinajstić information content (AvgIpc) is 3.69. The molecule has 3 heterocycles. The van der Waals surface area contributed by atoms with Gasteiger partial charge in [-0.15, -0.1) is 0 Å². The minimum Gasteiger partial charge on any atom is -0.491 e. The zero-order valence-corrected chi connectivity index (χ0v) is 34.9. The summed E-state index contributed by atoms with van der Waals surface area (Å²) in [4.78, 5) is 36.1. The molecule has 1 aliphatic rings. The van der Waals surface area contributed by atoms with Gasteiger partial charge in [0.05, 0.1) is 81.0 Å². The van der Waals surface area contributed by atoms with Crippen molar-refractivity contribution in [2.75, 3.05) is 64.7 Å². The summed E-state index contributed by atoms with van der Waals surface area (Å²) in [5, 5.41) is 23.0. The average molecular weight is 887 g/mol. The molecule has 2 aromatic carbocycles. The number of nitrogens with two attached hydrogens (primary N) is 1. The first kappa shape index (κ1) is 47.4. The van der Waals surface area contributed by atoms with Crippen LogP contribution in [-0.4, -0.2) is 118 Å². The summed E-state index contributed by atoms with van der Waals surface area (Å²) < 4.78 is 80.7. The van der Waals surface area contributed by atoms with Gasteiger partial charge in [0.1, 0.15) is 34.6 Å². The molecule has 0 spiro atoms. The van der Waals surface area contributed by atoms with Gasteiger partial charge in [0.25, 0.3) is 0 Å². The van der Waals surface area contributed by atoms with Crippen LogP contribution in [0.25, 0.3) is 11.3 Å². The molecule has 1 aliphatic heterocycles. The van der Waals surface area contributed by atoms with E-state index in [0.29, 0.717) is 80.7 Å². The molecule has 0 aliphatic carbocycles. The van der Waals surface area contributed by atoms with E-state index in [9.17, 15) is 32.1 Å². The summed E-state index contributed by atoms with van der Waals surface area (Å²) in [5.41, 5.74) is -0.768. The normalized spacial score (nSPS) is 15.5. The quantitative estimate of drug-likeness (QED) is 0.0223. The van der Waals surface area contributed by atoms with Crippen LogP contribution >= 0.6 is 0 Å². The molecule has 2 amide bonds. The number of hydrazone groups is 1. The molecule has 62 heavy (non-hydrogen) atoms. The van der Waals surface area contributed by atoms with Gasteiger partial charge < -0.3 is 35.2 Å². The standard InChI is InChI=1S/C40H49F3N10O8S/c1-39(2,56)26-53-24-28(21-47-53)36-34(40(41,42)43)23-46-38(51-36)49-29-5-9-32(10-6-29)62(57)48-14-16-60-25-30(52-44)22-45-13-15-58-17-18-59-19-20-61-31-7-3-27(4-8-31)33-11-12-35(54)50-37(33)55/h3-10,21-24,33,48,56H,11-20,25-26,44H2,1-2H3,(H,46,49,51)(H,50,54,55). The van der Waals surface area contributed by atoms with Crippen molar-refractivity contribution in [1.82, 2.24) is 29.8 Å². The number of hydrogen-bond acceptors (Lipinski definition) is 15. The number of ether oxygens (including phenoxy) is 4. The Morgan fingerprint density at radius 2 is 1.74 bits per heavy atom. The highest BCUT2D eigenvalue weighted by Gasteiger charge is 2.36. The number of aliphatic imine (C=N–C) groups is 1. The van der Waals surface area contributed by atoms with E-state index < -0.39 is 28.3 Å². The van der Waals surface area contributed by atoms with Crippen LogP contribution in [0.3, 0.4) is 0 Å². The van der Waals surface area contributed by atoms with Gasteiger partial charge in [-0.2, -0.15) is 23.4 Å². The van der Waals surface area contributed by atoms with Gasteiger partial charge in [0.2, 0.25) is 17.8 Å². The molecule has 2 unspecified atom stereocenters. The van der Waals surface area contributed by atoms with E-state index in [4.69, 9.17) is 24.8 Å². The Kier molecular flexibility index (Phi) is 17.6. The number of alkyl halides is 3. The molecule has 334 valence electrons. The van der Waals surface area contributed by atoms with Crippen LogP contribution in [0.15, 0.2) is 82.1 Å². The lowest BCUT2D eigenvalue weighted by Crippen LogP contribution is -2.39. The van der Waals surface area contributed by atoms with Crippen molar-refractivity contribution in [3.63, 3.8) is 0 Å². The molecule has 0 saturated carbocycles. The number of aliphatic hydroxyl groups is 1. The number of nitrogens with one attached hydrogen (secondary N) is 3. The van der Waals surface area contributed by atoms with Gasteiger partial charge in [-0.3, -0.25) is 24.6 Å². The zero-order chi connectivity index (χ0) is 44.5. The first-order valence-corrected chi connectivity index (χ1v) is 20.6. The predicted octanol–water partition coefficient (Wildman–Crippen LogP) is 3.52. The molecule has 1 fully saturated rings. The molecule has 4 aromatic rings. The van der Waals surface area contributed by atoms with Crippen molar-refractivity contribution in [2.45, 2.75) is 55.8 Å². The number of nitrogens with zero attached hydrogens (tertiary/aromatic N) is 6. The van der Waals surface area contributed by atoms with Crippen LogP contribution in [-0.2, 0) is 47.5 Å². The number of halogens is 3. The van der Waals surface area contributed by atoms with E-state index in [2.05, 4.69) is 40.5 Å². The van der Waals surface area contributed by atoms with E-state index in [0.717, 1.165) is 5.56 Å². The largest absolute Gasteiger partial charge is 0.491 e. The van der Waals surface area contributed by atoms with Crippen LogP contribution in [0.5, 0.6) is 5.75 Å². The first-order chi connectivity index (χ1) is 29.7. The molecule has 5 rings (SSSR count). The molecule has 2 atom stereocenters. The number of imide groups is 1. The topological polar surface area (TPSA) is 239 Å². The van der Waals surface area contributed by atoms with Crippen molar-refractivity contribution in [3.05, 3.63) is 78.2 Å². The number of carbonyl (C=O) groups excluding carboxylic acids is 2. The lowest BCUT2D eigenvalue weighted by atomic mass is 9.90. The van der Waals surface area contributed by atoms with Crippen LogP contribution in [0.4, 0.5) is 24.8 Å². The highest BCUT2D eigenvalue weighted by molar-refractivity contribution is 7.83. The van der Waals surface area contributed by atoms with Crippen LogP contribution in [0.1, 0.15) is 43.7 Å². The second-order valence-corrected chi connectivity index (χ2v) is 15.7. The highest BCUT2D eigenvalue weighted by Crippen LogP contribution is 2.36. The van der Waals surface area contributed by atoms with Crippen LogP contribution < -0.4 is 25.9 Å². The van der Waals surface area contributed by atoms with Crippen molar-refractivity contribution >= 4 is 46.4 Å². The first-order valence-electron chi connectivity index (χ1n) is 19.5. The van der Waals surface area contributed by atoms with E-state index in [1.165, 1.54) is 23.3 Å². The maximum absolute atomic E-state index is 13.8. The molecule has 22 heteroatoms. The molecular weight excluding hydrogens is 838 g/mol. The van der Waals surface area contributed by atoms with E-state index in [1.807, 2.05) is 12.1 Å². The monoisotopic (exact) mass is 886 g/mol. The Hall–Kier alpha value is -5.65. The Morgan fingerprint density at radius 3 is 2.44 bits per heavy atom. The Balaban J connectivity index is 0.919. The third kappa shape index (κ3) is 15.4. The smallest absolute Gasteiger partial charge is 0.419 e. The summed E-state index contributed by atoms with van der Waals surface area (Å²) in [5.74, 6) is 5.15. The SMILES string of the molecule is CC(C)(O)Cn1cc(-c2nc(Nc3ccc(S(=O)NCCOCC(C=NCCOCCOCCOc4ccc(C5CCC(=O)NC5=O)cc4)=NN)cc3)ncc2C(F)(F)F)cn1. The highest BCUT2D eigenvalue weighted by atomic mass is 32.2. The summed E-state index contributed by atoms with van der Waals surface area (Å²) in [6.45, 7) is 5.83. The fraction of sp³-hybridized carbons (Fsp3) is 0.425. The van der Waals surface area contributed by atoms with Gasteiger partial charge in [0.15, 0.2) is 0 Å². The molecule has 0 bridgehead atoms. The van der Waals surface area contributed by atoms with Crippen molar-refractivity contribution in [2.24, 2.45) is 15.9 Å². The second-order valence-electron chi connectivity index (χ2n) is 14.4. The molecule has 1 saturated heterocycles. The summed E-state index contributed by atoms with van der Waals surface area (Å²) in [7, 11) is -1.59. The van der Waals surface area contributed by atoms with Gasteiger partial charge in [-0.05, 0) is 62.2 Å².